The van der Waals surface area contributed by atoms with Crippen molar-refractivity contribution in [3.8, 4) is 5.75 Å². The van der Waals surface area contributed by atoms with Gasteiger partial charge in [-0.05, 0) is 47.2 Å². The van der Waals surface area contributed by atoms with Crippen LogP contribution in [0, 0.1) is 0 Å². The van der Waals surface area contributed by atoms with E-state index in [0.717, 1.165) is 27.7 Å². The predicted molar refractivity (Wildman–Crippen MR) is 155 cm³/mol. The van der Waals surface area contributed by atoms with Crippen LogP contribution in [0.15, 0.2) is 106 Å². The highest BCUT2D eigenvalue weighted by molar-refractivity contribution is 8.16. The Morgan fingerprint density at radius 2 is 1.88 bits per heavy atom. The van der Waals surface area contributed by atoms with E-state index >= 15 is 0 Å². The summed E-state index contributed by atoms with van der Waals surface area (Å²) in [5.41, 5.74) is 4.54. The van der Waals surface area contributed by atoms with Gasteiger partial charge in [0.1, 0.15) is 12.4 Å². The largest absolute Gasteiger partial charge is 0.489 e. The number of methoxy groups -OCH3 is 1. The van der Waals surface area contributed by atoms with Gasteiger partial charge in [0.05, 0.1) is 43.1 Å². The second kappa shape index (κ2) is 12.7. The lowest BCUT2D eigenvalue weighted by Crippen LogP contribution is -2.38. The normalized spacial score (nSPS) is 16.1. The van der Waals surface area contributed by atoms with Gasteiger partial charge in [0.15, 0.2) is 5.17 Å². The number of carbonyl (C=O) groups excluding carboxylic acids is 2. The van der Waals surface area contributed by atoms with E-state index in [1.807, 2.05) is 90.0 Å². The van der Waals surface area contributed by atoms with Crippen molar-refractivity contribution in [3.63, 3.8) is 0 Å². The molecule has 3 aromatic rings. The number of aliphatic imine (C=N–C) groups is 1. The SMILES string of the molecule is CCC1=C(C(=O)OC)C(c2cccc(OCc3ccccc3)c2)N2C(CC(=O)NCc3ccccn3)=CSC2=N1. The Morgan fingerprint density at radius 3 is 2.62 bits per heavy atom. The molecule has 0 bridgehead atoms. The van der Waals surface area contributed by atoms with Gasteiger partial charge in [0.25, 0.3) is 0 Å². The van der Waals surface area contributed by atoms with E-state index in [9.17, 15) is 9.59 Å². The van der Waals surface area contributed by atoms with Crippen LogP contribution in [0.4, 0.5) is 0 Å². The Morgan fingerprint density at radius 1 is 1.05 bits per heavy atom. The summed E-state index contributed by atoms with van der Waals surface area (Å²) >= 11 is 1.45. The van der Waals surface area contributed by atoms with Crippen LogP contribution in [-0.4, -0.2) is 34.0 Å². The molecule has 0 saturated carbocycles. The molecule has 1 amide bonds. The molecule has 0 fully saturated rings. The first-order valence-corrected chi connectivity index (χ1v) is 13.9. The number of ether oxygens (including phenoxy) is 2. The minimum Gasteiger partial charge on any atom is -0.489 e. The van der Waals surface area contributed by atoms with Gasteiger partial charge in [0.2, 0.25) is 5.91 Å². The Balaban J connectivity index is 1.42. The number of amides is 1. The van der Waals surface area contributed by atoms with Crippen LogP contribution >= 0.6 is 11.8 Å². The highest BCUT2D eigenvalue weighted by Crippen LogP contribution is 2.45. The summed E-state index contributed by atoms with van der Waals surface area (Å²) in [6.45, 7) is 2.72. The molecule has 1 atom stereocenters. The smallest absolute Gasteiger partial charge is 0.338 e. The maximum atomic E-state index is 13.2. The molecule has 9 heteroatoms. The highest BCUT2D eigenvalue weighted by atomic mass is 32.2. The lowest BCUT2D eigenvalue weighted by atomic mass is 9.92. The molecule has 2 aromatic carbocycles. The van der Waals surface area contributed by atoms with Gasteiger partial charge in [-0.2, -0.15) is 0 Å². The van der Waals surface area contributed by atoms with Crippen molar-refractivity contribution in [1.29, 1.82) is 0 Å². The summed E-state index contributed by atoms with van der Waals surface area (Å²) in [7, 11) is 1.37. The van der Waals surface area contributed by atoms with Gasteiger partial charge in [-0.15, -0.1) is 0 Å². The van der Waals surface area contributed by atoms with E-state index < -0.39 is 12.0 Å². The number of esters is 1. The Hall–Kier alpha value is -4.37. The molecular formula is C31H30N4O4S. The number of aromatic nitrogens is 1. The fourth-order valence-electron chi connectivity index (χ4n) is 4.66. The van der Waals surface area contributed by atoms with Crippen LogP contribution in [0.3, 0.4) is 0 Å². The third-order valence-electron chi connectivity index (χ3n) is 6.59. The summed E-state index contributed by atoms with van der Waals surface area (Å²) in [6, 6.07) is 22.7. The molecule has 3 heterocycles. The van der Waals surface area contributed by atoms with Crippen LogP contribution in [0.2, 0.25) is 0 Å². The van der Waals surface area contributed by atoms with E-state index in [0.29, 0.717) is 36.6 Å². The van der Waals surface area contributed by atoms with Crippen molar-refractivity contribution < 1.29 is 19.1 Å². The Kier molecular flexibility index (Phi) is 8.61. The highest BCUT2D eigenvalue weighted by Gasteiger charge is 2.41. The topological polar surface area (TPSA) is 93.1 Å². The van der Waals surface area contributed by atoms with Crippen molar-refractivity contribution in [1.82, 2.24) is 15.2 Å². The zero-order valence-corrected chi connectivity index (χ0v) is 23.2. The zero-order chi connectivity index (χ0) is 27.9. The van der Waals surface area contributed by atoms with Gasteiger partial charge in [-0.3, -0.25) is 9.78 Å². The lowest BCUT2D eigenvalue weighted by molar-refractivity contribution is -0.136. The summed E-state index contributed by atoms with van der Waals surface area (Å²) in [5, 5.41) is 5.59. The van der Waals surface area contributed by atoms with Gasteiger partial charge in [0, 0.05) is 11.9 Å². The fourth-order valence-corrected chi connectivity index (χ4v) is 5.60. The molecule has 204 valence electrons. The molecule has 0 spiro atoms. The van der Waals surface area contributed by atoms with E-state index in [1.165, 1.54) is 18.9 Å². The number of hydrogen-bond donors (Lipinski definition) is 1. The van der Waals surface area contributed by atoms with Crippen LogP contribution in [0.25, 0.3) is 0 Å². The first-order chi connectivity index (χ1) is 19.6. The standard InChI is InChI=1S/C31H30N4O4S/c1-3-26-28(30(37)38-2)29(22-12-9-14-25(16-22)39-19-21-10-5-4-6-11-21)35-24(20-40-31(35)34-26)17-27(36)33-18-23-13-7-8-15-32-23/h4-16,20,29H,3,17-19H2,1-2H3,(H,33,36). The quantitative estimate of drug-likeness (QED) is 0.331. The summed E-state index contributed by atoms with van der Waals surface area (Å²) in [6.07, 6.45) is 2.38. The third kappa shape index (κ3) is 6.10. The van der Waals surface area contributed by atoms with Gasteiger partial charge in [-0.25, -0.2) is 9.79 Å². The molecule has 1 aromatic heterocycles. The van der Waals surface area contributed by atoms with Crippen LogP contribution in [0.1, 0.15) is 42.6 Å². The number of amidine groups is 1. The number of thioether (sulfide) groups is 1. The predicted octanol–water partition coefficient (Wildman–Crippen LogP) is 5.51. The molecule has 1 N–H and O–H groups in total. The van der Waals surface area contributed by atoms with Crippen molar-refractivity contribution in [2.24, 2.45) is 4.99 Å². The molecule has 2 aliphatic rings. The molecule has 0 saturated heterocycles. The lowest BCUT2D eigenvalue weighted by Gasteiger charge is -2.36. The first kappa shape index (κ1) is 27.2. The fraction of sp³-hybridized carbons (Fsp3) is 0.226. The maximum Gasteiger partial charge on any atom is 0.338 e. The maximum absolute atomic E-state index is 13.2. The Bertz CT molecular complexity index is 1470. The van der Waals surface area contributed by atoms with E-state index in [1.54, 1.807) is 6.20 Å². The number of fused-ring (bicyclic) bond motifs is 1. The number of hydrogen-bond acceptors (Lipinski definition) is 8. The zero-order valence-electron chi connectivity index (χ0n) is 22.4. The molecule has 40 heavy (non-hydrogen) atoms. The van der Waals surface area contributed by atoms with Crippen LogP contribution in [-0.2, 0) is 27.5 Å². The molecule has 5 rings (SSSR count). The molecule has 8 nitrogen and oxygen atoms in total. The van der Waals surface area contributed by atoms with Crippen molar-refractivity contribution in [2.75, 3.05) is 7.11 Å². The third-order valence-corrected chi connectivity index (χ3v) is 7.47. The average molecular weight is 555 g/mol. The number of carbonyl (C=O) groups is 2. The van der Waals surface area contributed by atoms with Crippen molar-refractivity contribution >= 4 is 28.8 Å². The Labute approximate surface area is 237 Å². The van der Waals surface area contributed by atoms with E-state index in [4.69, 9.17) is 14.5 Å². The van der Waals surface area contributed by atoms with Crippen LogP contribution < -0.4 is 10.1 Å². The summed E-state index contributed by atoms with van der Waals surface area (Å²) in [5.74, 6) is 0.0802. The van der Waals surface area contributed by atoms with E-state index in [2.05, 4.69) is 10.3 Å². The molecule has 2 aliphatic heterocycles. The average Bonchev–Trinajstić information content (AvgIpc) is 3.40. The monoisotopic (exact) mass is 554 g/mol. The molecule has 1 unspecified atom stereocenters. The second-order valence-electron chi connectivity index (χ2n) is 9.22. The van der Waals surface area contributed by atoms with Crippen LogP contribution in [0.5, 0.6) is 5.75 Å². The number of allylic oxidation sites excluding steroid dienone is 1. The first-order valence-electron chi connectivity index (χ1n) is 13.1. The number of nitrogens with one attached hydrogen (secondary N) is 1. The summed E-state index contributed by atoms with van der Waals surface area (Å²) < 4.78 is 11.3. The van der Waals surface area contributed by atoms with E-state index in [-0.39, 0.29) is 12.3 Å². The molecule has 0 aliphatic carbocycles. The molecule has 0 radical (unpaired) electrons. The second-order valence-corrected chi connectivity index (χ2v) is 10.1. The van der Waals surface area contributed by atoms with Gasteiger partial charge >= 0.3 is 5.97 Å². The number of rotatable bonds is 10. The number of pyridine rings is 1. The van der Waals surface area contributed by atoms with Crippen molar-refractivity contribution in [3.05, 3.63) is 118 Å². The minimum absolute atomic E-state index is 0.120. The number of benzene rings is 2. The van der Waals surface area contributed by atoms with Crippen molar-refractivity contribution in [2.45, 2.75) is 39.0 Å². The molecular weight excluding hydrogens is 524 g/mol. The minimum atomic E-state index is -0.528. The summed E-state index contributed by atoms with van der Waals surface area (Å²) in [4.78, 5) is 37.2. The number of nitrogens with zero attached hydrogens (tertiary/aromatic N) is 3. The van der Waals surface area contributed by atoms with Gasteiger partial charge in [-0.1, -0.05) is 67.2 Å². The van der Waals surface area contributed by atoms with Gasteiger partial charge < -0.3 is 19.7 Å².